The molecule has 0 radical (unpaired) electrons. The highest BCUT2D eigenvalue weighted by Crippen LogP contribution is 2.33. The SMILES string of the molecule is CSC(C)CCNc1nc2cc(C(F)(F)F)ccc2s1. The summed E-state index contributed by atoms with van der Waals surface area (Å²) in [6.45, 7) is 2.91. The number of thiazole rings is 1. The van der Waals surface area contributed by atoms with Gasteiger partial charge in [0.2, 0.25) is 0 Å². The second-order valence-electron chi connectivity index (χ2n) is 4.46. The molecule has 0 saturated carbocycles. The van der Waals surface area contributed by atoms with Gasteiger partial charge in [0.15, 0.2) is 5.13 Å². The average Bonchev–Trinajstić information content (AvgIpc) is 2.78. The average molecular weight is 320 g/mol. The Hall–Kier alpha value is -0.950. The van der Waals surface area contributed by atoms with Crippen LogP contribution < -0.4 is 5.32 Å². The van der Waals surface area contributed by atoms with E-state index in [1.54, 1.807) is 11.8 Å². The first-order chi connectivity index (χ1) is 9.40. The first-order valence-corrected chi connectivity index (χ1v) is 8.25. The van der Waals surface area contributed by atoms with Crippen LogP contribution in [-0.4, -0.2) is 23.0 Å². The molecular formula is C13H15F3N2S2. The van der Waals surface area contributed by atoms with E-state index in [1.165, 1.54) is 17.4 Å². The van der Waals surface area contributed by atoms with Crippen molar-refractivity contribution >= 4 is 38.4 Å². The van der Waals surface area contributed by atoms with Gasteiger partial charge < -0.3 is 5.32 Å². The van der Waals surface area contributed by atoms with Crippen LogP contribution in [0.1, 0.15) is 18.9 Å². The number of fused-ring (bicyclic) bond motifs is 1. The third-order valence-electron chi connectivity index (χ3n) is 2.94. The first kappa shape index (κ1) is 15.4. The van der Waals surface area contributed by atoms with Crippen LogP contribution in [0.5, 0.6) is 0 Å². The van der Waals surface area contributed by atoms with Crippen LogP contribution in [0.25, 0.3) is 10.2 Å². The lowest BCUT2D eigenvalue weighted by molar-refractivity contribution is -0.137. The summed E-state index contributed by atoms with van der Waals surface area (Å²) in [6.07, 6.45) is -1.27. The number of thioether (sulfide) groups is 1. The highest BCUT2D eigenvalue weighted by atomic mass is 32.2. The molecule has 0 saturated heterocycles. The topological polar surface area (TPSA) is 24.9 Å². The largest absolute Gasteiger partial charge is 0.416 e. The summed E-state index contributed by atoms with van der Waals surface area (Å²) in [7, 11) is 0. The fraction of sp³-hybridized carbons (Fsp3) is 0.462. The zero-order valence-corrected chi connectivity index (χ0v) is 12.8. The van der Waals surface area contributed by atoms with E-state index < -0.39 is 11.7 Å². The highest BCUT2D eigenvalue weighted by Gasteiger charge is 2.30. The summed E-state index contributed by atoms with van der Waals surface area (Å²) in [6, 6.07) is 3.67. The molecule has 1 N–H and O–H groups in total. The molecule has 7 heteroatoms. The molecule has 1 unspecified atom stereocenters. The molecule has 1 atom stereocenters. The van der Waals surface area contributed by atoms with Crippen molar-refractivity contribution in [1.82, 2.24) is 4.98 Å². The molecule has 0 bridgehead atoms. The number of alkyl halides is 3. The van der Waals surface area contributed by atoms with Crippen molar-refractivity contribution in [3.05, 3.63) is 23.8 Å². The molecule has 0 amide bonds. The van der Waals surface area contributed by atoms with Gasteiger partial charge in [-0.3, -0.25) is 0 Å². The lowest BCUT2D eigenvalue weighted by atomic mass is 10.2. The maximum atomic E-state index is 12.6. The smallest absolute Gasteiger partial charge is 0.361 e. The standard InChI is InChI=1S/C13H15F3N2S2/c1-8(19-2)5-6-17-12-18-10-7-9(13(14,15)16)3-4-11(10)20-12/h3-4,7-8H,5-6H2,1-2H3,(H,17,18). The number of hydrogen-bond donors (Lipinski definition) is 1. The molecule has 2 nitrogen and oxygen atoms in total. The van der Waals surface area contributed by atoms with Crippen molar-refractivity contribution < 1.29 is 13.2 Å². The number of anilines is 1. The summed E-state index contributed by atoms with van der Waals surface area (Å²) >= 11 is 3.17. The molecule has 2 rings (SSSR count). The Bertz CT molecular complexity index is 580. The van der Waals surface area contributed by atoms with Crippen molar-refractivity contribution in [2.24, 2.45) is 0 Å². The van der Waals surface area contributed by atoms with Crippen LogP contribution in [0.3, 0.4) is 0 Å². The molecule has 1 aromatic carbocycles. The minimum atomic E-state index is -4.32. The summed E-state index contributed by atoms with van der Waals surface area (Å²) in [5.41, 5.74) is -0.261. The van der Waals surface area contributed by atoms with E-state index in [4.69, 9.17) is 0 Å². The minimum absolute atomic E-state index is 0.394. The minimum Gasteiger partial charge on any atom is -0.361 e. The lowest BCUT2D eigenvalue weighted by Gasteiger charge is -2.07. The maximum absolute atomic E-state index is 12.6. The van der Waals surface area contributed by atoms with Gasteiger partial charge in [-0.2, -0.15) is 24.9 Å². The fourth-order valence-corrected chi connectivity index (χ4v) is 2.90. The molecule has 20 heavy (non-hydrogen) atoms. The Morgan fingerprint density at radius 2 is 2.15 bits per heavy atom. The monoisotopic (exact) mass is 320 g/mol. The summed E-state index contributed by atoms with van der Waals surface area (Å²) < 4.78 is 38.6. The predicted octanol–water partition coefficient (Wildman–Crippen LogP) is 4.87. The van der Waals surface area contributed by atoms with Crippen LogP contribution >= 0.6 is 23.1 Å². The molecule has 1 heterocycles. The Morgan fingerprint density at radius 3 is 2.80 bits per heavy atom. The maximum Gasteiger partial charge on any atom is 0.416 e. The van der Waals surface area contributed by atoms with E-state index in [0.29, 0.717) is 15.9 Å². The van der Waals surface area contributed by atoms with Gasteiger partial charge in [-0.25, -0.2) is 4.98 Å². The molecule has 0 aliphatic heterocycles. The zero-order chi connectivity index (χ0) is 14.8. The molecule has 0 aliphatic carbocycles. The van der Waals surface area contributed by atoms with Crippen molar-refractivity contribution in [2.75, 3.05) is 18.1 Å². The number of rotatable bonds is 5. The van der Waals surface area contributed by atoms with Gasteiger partial charge in [0.1, 0.15) is 0 Å². The van der Waals surface area contributed by atoms with Gasteiger partial charge >= 0.3 is 6.18 Å². The molecule has 1 aromatic heterocycles. The van der Waals surface area contributed by atoms with E-state index in [0.717, 1.165) is 29.8 Å². The van der Waals surface area contributed by atoms with E-state index in [-0.39, 0.29) is 0 Å². The van der Waals surface area contributed by atoms with Gasteiger partial charge in [0, 0.05) is 11.8 Å². The Morgan fingerprint density at radius 1 is 1.40 bits per heavy atom. The van der Waals surface area contributed by atoms with Crippen molar-refractivity contribution in [3.63, 3.8) is 0 Å². The number of nitrogens with zero attached hydrogens (tertiary/aromatic N) is 1. The summed E-state index contributed by atoms with van der Waals surface area (Å²) in [5.74, 6) is 0. The molecular weight excluding hydrogens is 305 g/mol. The first-order valence-electron chi connectivity index (χ1n) is 6.14. The van der Waals surface area contributed by atoms with Crippen LogP contribution in [0.15, 0.2) is 18.2 Å². The number of halogens is 3. The van der Waals surface area contributed by atoms with Crippen molar-refractivity contribution in [3.8, 4) is 0 Å². The predicted molar refractivity (Wildman–Crippen MR) is 80.7 cm³/mol. The van der Waals surface area contributed by atoms with Gasteiger partial charge in [0.25, 0.3) is 0 Å². The Kier molecular flexibility index (Phi) is 4.80. The van der Waals surface area contributed by atoms with Gasteiger partial charge in [-0.05, 0) is 30.9 Å². The fourth-order valence-electron chi connectivity index (χ4n) is 1.68. The normalized spacial score (nSPS) is 13.7. The second-order valence-corrected chi connectivity index (χ2v) is 6.77. The molecule has 110 valence electrons. The van der Waals surface area contributed by atoms with Gasteiger partial charge in [-0.15, -0.1) is 0 Å². The quantitative estimate of drug-likeness (QED) is 0.851. The molecule has 0 spiro atoms. The van der Waals surface area contributed by atoms with Crippen molar-refractivity contribution in [1.29, 1.82) is 0 Å². The zero-order valence-electron chi connectivity index (χ0n) is 11.1. The third-order valence-corrected chi connectivity index (χ3v) is 4.98. The van der Waals surface area contributed by atoms with Crippen LogP contribution in [0.4, 0.5) is 18.3 Å². The molecule has 2 aromatic rings. The van der Waals surface area contributed by atoms with E-state index in [9.17, 15) is 13.2 Å². The van der Waals surface area contributed by atoms with Crippen molar-refractivity contribution in [2.45, 2.75) is 24.8 Å². The van der Waals surface area contributed by atoms with Gasteiger partial charge in [-0.1, -0.05) is 18.3 Å². The van der Waals surface area contributed by atoms with Gasteiger partial charge in [0.05, 0.1) is 15.8 Å². The van der Waals surface area contributed by atoms with E-state index >= 15 is 0 Å². The third kappa shape index (κ3) is 3.79. The van der Waals surface area contributed by atoms with E-state index in [2.05, 4.69) is 23.5 Å². The summed E-state index contributed by atoms with van der Waals surface area (Å²) in [5, 5.41) is 4.39. The second kappa shape index (κ2) is 6.22. The number of benzene rings is 1. The van der Waals surface area contributed by atoms with Crippen LogP contribution in [-0.2, 0) is 6.18 Å². The molecule has 0 aliphatic rings. The number of aromatic nitrogens is 1. The van der Waals surface area contributed by atoms with Crippen LogP contribution in [0, 0.1) is 0 Å². The van der Waals surface area contributed by atoms with Crippen LogP contribution in [0.2, 0.25) is 0 Å². The number of nitrogens with one attached hydrogen (secondary N) is 1. The number of hydrogen-bond acceptors (Lipinski definition) is 4. The highest BCUT2D eigenvalue weighted by molar-refractivity contribution is 7.99. The Balaban J connectivity index is 2.09. The molecule has 0 fully saturated rings. The van der Waals surface area contributed by atoms with E-state index in [1.807, 2.05) is 0 Å². The Labute approximate surface area is 123 Å². The summed E-state index contributed by atoms with van der Waals surface area (Å²) in [4.78, 5) is 4.21. The lowest BCUT2D eigenvalue weighted by Crippen LogP contribution is -2.07.